The molecule has 0 atom stereocenters. The summed E-state index contributed by atoms with van der Waals surface area (Å²) in [7, 11) is 0. The minimum atomic E-state index is -0.243. The molecule has 0 bridgehead atoms. The molecule has 0 aliphatic carbocycles. The summed E-state index contributed by atoms with van der Waals surface area (Å²) in [5.41, 5.74) is 7.67. The van der Waals surface area contributed by atoms with E-state index in [1.165, 1.54) is 17.8 Å². The van der Waals surface area contributed by atoms with Crippen molar-refractivity contribution in [2.24, 2.45) is 0 Å². The Morgan fingerprint density at radius 1 is 1.29 bits per heavy atom. The summed E-state index contributed by atoms with van der Waals surface area (Å²) in [6.07, 6.45) is 5.08. The Labute approximate surface area is 158 Å². The first-order valence-electron chi connectivity index (χ1n) is 7.83. The highest BCUT2D eigenvalue weighted by Crippen LogP contribution is 2.34. The lowest BCUT2D eigenvalue weighted by Crippen LogP contribution is -2.00. The first kappa shape index (κ1) is 17.5. The highest BCUT2D eigenvalue weighted by atomic mass is 127. The normalized spacial score (nSPS) is 11.3. The third-order valence-corrected chi connectivity index (χ3v) is 6.10. The van der Waals surface area contributed by atoms with Gasteiger partial charge in [-0.3, -0.25) is 0 Å². The highest BCUT2D eigenvalue weighted by molar-refractivity contribution is 14.1. The largest absolute Gasteiger partial charge is 0.382 e. The van der Waals surface area contributed by atoms with Crippen molar-refractivity contribution in [2.45, 2.75) is 42.8 Å². The lowest BCUT2D eigenvalue weighted by Gasteiger charge is -2.09. The fourth-order valence-electron chi connectivity index (χ4n) is 2.52. The minimum Gasteiger partial charge on any atom is -0.382 e. The second kappa shape index (κ2) is 7.69. The second-order valence-electron chi connectivity index (χ2n) is 5.49. The standard InChI is InChI=1S/C17H18FIN4S/c1-2-3-4-9-23-13-7-8-21-16(20)15(13)22-17(23)24-14-10-11(18)5-6-12(14)19/h5-8,10H,2-4,9H2,1H3,(H2,20,21). The zero-order valence-electron chi connectivity index (χ0n) is 13.3. The SMILES string of the molecule is CCCCCn1c(Sc2cc(F)ccc2I)nc2c(N)nccc21. The molecular formula is C17H18FIN4S. The maximum atomic E-state index is 13.6. The van der Waals surface area contributed by atoms with Crippen LogP contribution in [0.1, 0.15) is 26.2 Å². The van der Waals surface area contributed by atoms with E-state index in [1.54, 1.807) is 18.3 Å². The Bertz CT molecular complexity index is 865. The van der Waals surface area contributed by atoms with Crippen LogP contribution in [0.15, 0.2) is 40.5 Å². The van der Waals surface area contributed by atoms with Crippen LogP contribution in [0.3, 0.4) is 0 Å². The van der Waals surface area contributed by atoms with E-state index in [1.807, 2.05) is 6.07 Å². The molecule has 126 valence electrons. The molecule has 7 heteroatoms. The first-order chi connectivity index (χ1) is 11.6. The number of aromatic nitrogens is 3. The second-order valence-corrected chi connectivity index (χ2v) is 7.67. The van der Waals surface area contributed by atoms with Gasteiger partial charge in [-0.1, -0.05) is 31.5 Å². The Kier molecular flexibility index (Phi) is 5.60. The molecule has 3 aromatic rings. The van der Waals surface area contributed by atoms with E-state index in [4.69, 9.17) is 5.73 Å². The summed E-state index contributed by atoms with van der Waals surface area (Å²) < 4.78 is 16.8. The number of nitrogen functional groups attached to an aromatic ring is 1. The maximum Gasteiger partial charge on any atom is 0.174 e. The van der Waals surface area contributed by atoms with E-state index in [9.17, 15) is 4.39 Å². The van der Waals surface area contributed by atoms with Gasteiger partial charge >= 0.3 is 0 Å². The van der Waals surface area contributed by atoms with Crippen LogP contribution >= 0.6 is 34.4 Å². The van der Waals surface area contributed by atoms with Crippen molar-refractivity contribution >= 4 is 51.2 Å². The molecule has 0 saturated heterocycles. The number of pyridine rings is 1. The van der Waals surface area contributed by atoms with Crippen LogP contribution in [0.2, 0.25) is 0 Å². The minimum absolute atomic E-state index is 0.243. The highest BCUT2D eigenvalue weighted by Gasteiger charge is 2.15. The third-order valence-electron chi connectivity index (χ3n) is 3.74. The molecule has 2 N–H and O–H groups in total. The van der Waals surface area contributed by atoms with Crippen molar-refractivity contribution in [3.8, 4) is 0 Å². The number of anilines is 1. The molecule has 2 aromatic heterocycles. The average molecular weight is 456 g/mol. The maximum absolute atomic E-state index is 13.6. The van der Waals surface area contributed by atoms with Crippen molar-refractivity contribution in [2.75, 3.05) is 5.73 Å². The van der Waals surface area contributed by atoms with Gasteiger partial charge in [-0.2, -0.15) is 0 Å². The van der Waals surface area contributed by atoms with Gasteiger partial charge in [0.1, 0.15) is 11.3 Å². The van der Waals surface area contributed by atoms with E-state index in [-0.39, 0.29) is 5.82 Å². The summed E-state index contributed by atoms with van der Waals surface area (Å²) in [4.78, 5) is 9.65. The quantitative estimate of drug-likeness (QED) is 0.414. The Hall–Kier alpha value is -1.35. The van der Waals surface area contributed by atoms with Crippen molar-refractivity contribution < 1.29 is 4.39 Å². The molecular weight excluding hydrogens is 438 g/mol. The molecule has 4 nitrogen and oxygen atoms in total. The van der Waals surface area contributed by atoms with E-state index in [0.717, 1.165) is 44.9 Å². The molecule has 2 heterocycles. The van der Waals surface area contributed by atoms with Crippen molar-refractivity contribution in [1.29, 1.82) is 0 Å². The van der Waals surface area contributed by atoms with Gasteiger partial charge in [0.25, 0.3) is 0 Å². The van der Waals surface area contributed by atoms with Crippen molar-refractivity contribution in [3.05, 3.63) is 39.8 Å². The number of rotatable bonds is 6. The number of imidazole rings is 1. The van der Waals surface area contributed by atoms with Gasteiger partial charge in [0.05, 0.1) is 5.52 Å². The van der Waals surface area contributed by atoms with E-state index in [2.05, 4.69) is 44.0 Å². The van der Waals surface area contributed by atoms with Gasteiger partial charge in [0.15, 0.2) is 11.0 Å². The van der Waals surface area contributed by atoms with Gasteiger partial charge in [0, 0.05) is 21.2 Å². The van der Waals surface area contributed by atoms with Crippen LogP contribution < -0.4 is 5.73 Å². The zero-order valence-corrected chi connectivity index (χ0v) is 16.3. The average Bonchev–Trinajstić information content (AvgIpc) is 2.91. The number of nitrogens with zero attached hydrogens (tertiary/aromatic N) is 3. The molecule has 0 saturated carbocycles. The van der Waals surface area contributed by atoms with Gasteiger partial charge in [-0.05, 0) is 53.3 Å². The van der Waals surface area contributed by atoms with E-state index >= 15 is 0 Å². The Morgan fingerprint density at radius 2 is 2.12 bits per heavy atom. The van der Waals surface area contributed by atoms with Crippen molar-refractivity contribution in [3.63, 3.8) is 0 Å². The predicted molar refractivity (Wildman–Crippen MR) is 105 cm³/mol. The van der Waals surface area contributed by atoms with Crippen LogP contribution in [-0.2, 0) is 6.54 Å². The third kappa shape index (κ3) is 3.66. The summed E-state index contributed by atoms with van der Waals surface area (Å²) in [5, 5.41) is 0.823. The summed E-state index contributed by atoms with van der Waals surface area (Å²) in [6.45, 7) is 3.04. The van der Waals surface area contributed by atoms with Gasteiger partial charge < -0.3 is 10.3 Å². The topological polar surface area (TPSA) is 56.7 Å². The Balaban J connectivity index is 2.03. The molecule has 0 amide bonds. The smallest absolute Gasteiger partial charge is 0.174 e. The summed E-state index contributed by atoms with van der Waals surface area (Å²) >= 11 is 3.68. The molecule has 1 aromatic carbocycles. The van der Waals surface area contributed by atoms with Crippen molar-refractivity contribution in [1.82, 2.24) is 14.5 Å². The number of unbranched alkanes of at least 4 members (excludes halogenated alkanes) is 2. The van der Waals surface area contributed by atoms with Gasteiger partial charge in [0.2, 0.25) is 0 Å². The number of aryl methyl sites for hydroxylation is 1. The van der Waals surface area contributed by atoms with Crippen LogP contribution in [0.25, 0.3) is 11.0 Å². The molecule has 24 heavy (non-hydrogen) atoms. The fraction of sp³-hybridized carbons (Fsp3) is 0.294. The lowest BCUT2D eigenvalue weighted by molar-refractivity contribution is 0.578. The number of hydrogen-bond donors (Lipinski definition) is 1. The predicted octanol–water partition coefficient (Wildman–Crippen LogP) is 5.10. The van der Waals surface area contributed by atoms with Crippen LogP contribution in [-0.4, -0.2) is 14.5 Å². The Morgan fingerprint density at radius 3 is 2.92 bits per heavy atom. The van der Waals surface area contributed by atoms with Crippen LogP contribution in [0.5, 0.6) is 0 Å². The molecule has 3 rings (SSSR count). The zero-order chi connectivity index (χ0) is 17.1. The molecule has 0 unspecified atom stereocenters. The van der Waals surface area contributed by atoms with E-state index < -0.39 is 0 Å². The number of fused-ring (bicyclic) bond motifs is 1. The molecule has 0 aliphatic rings. The number of nitrogens with two attached hydrogens (primary N) is 1. The summed E-state index contributed by atoms with van der Waals surface area (Å²) in [6, 6.07) is 6.73. The molecule has 0 fully saturated rings. The van der Waals surface area contributed by atoms with Gasteiger partial charge in [-0.25, -0.2) is 14.4 Å². The monoisotopic (exact) mass is 456 g/mol. The lowest BCUT2D eigenvalue weighted by atomic mass is 10.2. The van der Waals surface area contributed by atoms with E-state index in [0.29, 0.717) is 11.3 Å². The van der Waals surface area contributed by atoms with Gasteiger partial charge in [-0.15, -0.1) is 0 Å². The summed E-state index contributed by atoms with van der Waals surface area (Å²) in [5.74, 6) is 0.185. The van der Waals surface area contributed by atoms with Crippen LogP contribution in [0, 0.1) is 9.39 Å². The number of hydrogen-bond acceptors (Lipinski definition) is 4. The molecule has 0 aliphatic heterocycles. The fourth-order valence-corrected chi connectivity index (χ4v) is 4.15. The molecule has 0 spiro atoms. The molecule has 0 radical (unpaired) electrons. The first-order valence-corrected chi connectivity index (χ1v) is 9.73. The van der Waals surface area contributed by atoms with Crippen LogP contribution in [0.4, 0.5) is 10.2 Å². The number of halogens is 2. The number of benzene rings is 1.